The number of methoxy groups -OCH3 is 1. The second kappa shape index (κ2) is 6.63. The standard InChI is InChI=1S/C14H15BrN2O2/c1-19-9-12(8-15)17-14(18)11-4-5-13-10(7-11)3-2-6-16-13/h2-7,12H,8-9H2,1H3,(H,17,18). The second-order valence-electron chi connectivity index (χ2n) is 4.19. The number of rotatable bonds is 5. The zero-order valence-electron chi connectivity index (χ0n) is 10.6. The minimum Gasteiger partial charge on any atom is -0.383 e. The molecular formula is C14H15BrN2O2. The van der Waals surface area contributed by atoms with Crippen molar-refractivity contribution in [3.8, 4) is 0 Å². The van der Waals surface area contributed by atoms with Crippen molar-refractivity contribution >= 4 is 32.7 Å². The lowest BCUT2D eigenvalue weighted by Gasteiger charge is -2.15. The Hall–Kier alpha value is -1.46. The van der Waals surface area contributed by atoms with E-state index in [1.807, 2.05) is 24.3 Å². The highest BCUT2D eigenvalue weighted by Gasteiger charge is 2.12. The summed E-state index contributed by atoms with van der Waals surface area (Å²) < 4.78 is 5.05. The summed E-state index contributed by atoms with van der Waals surface area (Å²) in [6.45, 7) is 0.478. The zero-order chi connectivity index (χ0) is 13.7. The lowest BCUT2D eigenvalue weighted by atomic mass is 10.1. The third-order valence-electron chi connectivity index (χ3n) is 2.75. The third-order valence-corrected chi connectivity index (χ3v) is 3.54. The summed E-state index contributed by atoms with van der Waals surface area (Å²) in [5.74, 6) is -0.104. The molecule has 0 spiro atoms. The van der Waals surface area contributed by atoms with E-state index in [4.69, 9.17) is 4.74 Å². The quantitative estimate of drug-likeness (QED) is 0.860. The predicted molar refractivity (Wildman–Crippen MR) is 78.7 cm³/mol. The van der Waals surface area contributed by atoms with Crippen molar-refractivity contribution in [1.82, 2.24) is 10.3 Å². The zero-order valence-corrected chi connectivity index (χ0v) is 12.2. The molecule has 0 aliphatic heterocycles. The number of hydrogen-bond donors (Lipinski definition) is 1. The van der Waals surface area contributed by atoms with Gasteiger partial charge in [-0.1, -0.05) is 22.0 Å². The van der Waals surface area contributed by atoms with Crippen LogP contribution in [0.4, 0.5) is 0 Å². The first kappa shape index (κ1) is 14.0. The minimum atomic E-state index is -0.104. The second-order valence-corrected chi connectivity index (χ2v) is 4.84. The monoisotopic (exact) mass is 322 g/mol. The topological polar surface area (TPSA) is 51.2 Å². The molecule has 5 heteroatoms. The molecule has 1 atom stereocenters. The van der Waals surface area contributed by atoms with Crippen molar-refractivity contribution in [2.45, 2.75) is 6.04 Å². The number of amides is 1. The molecule has 2 aromatic rings. The van der Waals surface area contributed by atoms with Crippen LogP contribution in [-0.2, 0) is 4.74 Å². The number of halogens is 1. The third kappa shape index (κ3) is 3.52. The van der Waals surface area contributed by atoms with Crippen LogP contribution in [0, 0.1) is 0 Å². The minimum absolute atomic E-state index is 0.0397. The molecule has 1 aromatic heterocycles. The smallest absolute Gasteiger partial charge is 0.251 e. The first-order valence-electron chi connectivity index (χ1n) is 5.95. The maximum Gasteiger partial charge on any atom is 0.251 e. The number of alkyl halides is 1. The predicted octanol–water partition coefficient (Wildman–Crippen LogP) is 2.37. The van der Waals surface area contributed by atoms with Crippen LogP contribution in [0.15, 0.2) is 36.5 Å². The highest BCUT2D eigenvalue weighted by Crippen LogP contribution is 2.13. The van der Waals surface area contributed by atoms with Crippen molar-refractivity contribution in [1.29, 1.82) is 0 Å². The Labute approximate surface area is 120 Å². The summed E-state index contributed by atoms with van der Waals surface area (Å²) in [5.41, 5.74) is 1.51. The molecule has 0 aliphatic rings. The van der Waals surface area contributed by atoms with Crippen LogP contribution in [0.25, 0.3) is 10.9 Å². The first-order chi connectivity index (χ1) is 9.24. The number of hydrogen-bond acceptors (Lipinski definition) is 3. The van der Waals surface area contributed by atoms with E-state index < -0.39 is 0 Å². The van der Waals surface area contributed by atoms with Gasteiger partial charge in [-0.3, -0.25) is 9.78 Å². The fourth-order valence-corrected chi connectivity index (χ4v) is 2.16. The summed E-state index contributed by atoms with van der Waals surface area (Å²) in [4.78, 5) is 16.4. The normalized spacial score (nSPS) is 12.3. The number of carbonyl (C=O) groups excluding carboxylic acids is 1. The van der Waals surface area contributed by atoms with Crippen molar-refractivity contribution in [3.63, 3.8) is 0 Å². The van der Waals surface area contributed by atoms with Crippen LogP contribution >= 0.6 is 15.9 Å². The van der Waals surface area contributed by atoms with E-state index >= 15 is 0 Å². The molecule has 0 fully saturated rings. The van der Waals surface area contributed by atoms with Gasteiger partial charge in [-0.15, -0.1) is 0 Å². The van der Waals surface area contributed by atoms with E-state index in [9.17, 15) is 4.79 Å². The van der Waals surface area contributed by atoms with Gasteiger partial charge in [-0.05, 0) is 24.3 Å². The number of ether oxygens (including phenoxy) is 1. The Morgan fingerprint density at radius 2 is 2.32 bits per heavy atom. The molecule has 0 aliphatic carbocycles. The van der Waals surface area contributed by atoms with Crippen LogP contribution in [0.3, 0.4) is 0 Å². The molecule has 1 N–H and O–H groups in total. The molecule has 0 saturated heterocycles. The van der Waals surface area contributed by atoms with Gasteiger partial charge >= 0.3 is 0 Å². The van der Waals surface area contributed by atoms with Gasteiger partial charge in [0.2, 0.25) is 0 Å². The highest BCUT2D eigenvalue weighted by atomic mass is 79.9. The van der Waals surface area contributed by atoms with Crippen LogP contribution < -0.4 is 5.32 Å². The number of pyridine rings is 1. The maximum atomic E-state index is 12.1. The number of nitrogens with zero attached hydrogens (tertiary/aromatic N) is 1. The molecule has 19 heavy (non-hydrogen) atoms. The average Bonchev–Trinajstić information content (AvgIpc) is 2.46. The van der Waals surface area contributed by atoms with Gasteiger partial charge in [0.1, 0.15) is 0 Å². The van der Waals surface area contributed by atoms with Crippen LogP contribution in [0.2, 0.25) is 0 Å². The molecule has 1 amide bonds. The van der Waals surface area contributed by atoms with E-state index in [1.165, 1.54) is 0 Å². The average molecular weight is 323 g/mol. The van der Waals surface area contributed by atoms with E-state index in [-0.39, 0.29) is 11.9 Å². The Morgan fingerprint density at radius 3 is 3.05 bits per heavy atom. The van der Waals surface area contributed by atoms with E-state index in [2.05, 4.69) is 26.2 Å². The van der Waals surface area contributed by atoms with Crippen molar-refractivity contribution in [3.05, 3.63) is 42.1 Å². The van der Waals surface area contributed by atoms with Gasteiger partial charge < -0.3 is 10.1 Å². The molecule has 0 radical (unpaired) electrons. The molecule has 4 nitrogen and oxygen atoms in total. The first-order valence-corrected chi connectivity index (χ1v) is 7.07. The lowest BCUT2D eigenvalue weighted by molar-refractivity contribution is 0.0908. The van der Waals surface area contributed by atoms with Gasteiger partial charge in [0.05, 0.1) is 18.2 Å². The fourth-order valence-electron chi connectivity index (χ4n) is 1.81. The lowest BCUT2D eigenvalue weighted by Crippen LogP contribution is -2.39. The summed E-state index contributed by atoms with van der Waals surface area (Å²) in [6.07, 6.45) is 1.74. The van der Waals surface area contributed by atoms with Crippen LogP contribution in [-0.4, -0.2) is 36.0 Å². The summed E-state index contributed by atoms with van der Waals surface area (Å²) >= 11 is 3.35. The van der Waals surface area contributed by atoms with Gasteiger partial charge in [0, 0.05) is 29.6 Å². The van der Waals surface area contributed by atoms with Gasteiger partial charge in [-0.2, -0.15) is 0 Å². The van der Waals surface area contributed by atoms with Crippen molar-refractivity contribution in [2.24, 2.45) is 0 Å². The van der Waals surface area contributed by atoms with Crippen molar-refractivity contribution in [2.75, 3.05) is 19.0 Å². The Kier molecular flexibility index (Phi) is 4.87. The Bertz CT molecular complexity index is 574. The summed E-state index contributed by atoms with van der Waals surface area (Å²) in [7, 11) is 1.61. The van der Waals surface area contributed by atoms with E-state index in [0.29, 0.717) is 17.5 Å². The van der Waals surface area contributed by atoms with E-state index in [0.717, 1.165) is 10.9 Å². The van der Waals surface area contributed by atoms with Gasteiger partial charge in [0.15, 0.2) is 0 Å². The number of aromatic nitrogens is 1. The van der Waals surface area contributed by atoms with Crippen molar-refractivity contribution < 1.29 is 9.53 Å². The van der Waals surface area contributed by atoms with E-state index in [1.54, 1.807) is 19.4 Å². The molecule has 1 unspecified atom stereocenters. The van der Waals surface area contributed by atoms with Gasteiger partial charge in [0.25, 0.3) is 5.91 Å². The molecule has 100 valence electrons. The number of nitrogens with one attached hydrogen (secondary N) is 1. The largest absolute Gasteiger partial charge is 0.383 e. The number of fused-ring (bicyclic) bond motifs is 1. The fraction of sp³-hybridized carbons (Fsp3) is 0.286. The van der Waals surface area contributed by atoms with Gasteiger partial charge in [-0.25, -0.2) is 0 Å². The molecule has 0 bridgehead atoms. The number of carbonyl (C=O) groups is 1. The maximum absolute atomic E-state index is 12.1. The SMILES string of the molecule is COCC(CBr)NC(=O)c1ccc2ncccc2c1. The molecule has 1 aromatic carbocycles. The molecule has 2 rings (SSSR count). The summed E-state index contributed by atoms with van der Waals surface area (Å²) in [5, 5.41) is 4.53. The Morgan fingerprint density at radius 1 is 1.47 bits per heavy atom. The highest BCUT2D eigenvalue weighted by molar-refractivity contribution is 9.09. The van der Waals surface area contributed by atoms with Crippen LogP contribution in [0.1, 0.15) is 10.4 Å². The number of benzene rings is 1. The summed E-state index contributed by atoms with van der Waals surface area (Å²) in [6, 6.07) is 9.23. The molecule has 1 heterocycles. The Balaban J connectivity index is 2.16. The van der Waals surface area contributed by atoms with Crippen LogP contribution in [0.5, 0.6) is 0 Å². The molecular weight excluding hydrogens is 308 g/mol. The molecule has 0 saturated carbocycles.